The molecule has 116 valence electrons. The van der Waals surface area contributed by atoms with E-state index < -0.39 is 11.9 Å². The van der Waals surface area contributed by atoms with E-state index in [9.17, 15) is 9.59 Å². The van der Waals surface area contributed by atoms with E-state index in [1.165, 1.54) is 0 Å². The third kappa shape index (κ3) is 8.47. The van der Waals surface area contributed by atoms with E-state index in [-0.39, 0.29) is 13.2 Å². The Kier molecular flexibility index (Phi) is 8.69. The van der Waals surface area contributed by atoms with Crippen molar-refractivity contribution in [3.8, 4) is 5.75 Å². The largest absolute Gasteiger partial charge is 0.464 e. The van der Waals surface area contributed by atoms with Gasteiger partial charge in [-0.1, -0.05) is 35.7 Å². The van der Waals surface area contributed by atoms with Gasteiger partial charge in [0, 0.05) is 4.47 Å². The fourth-order valence-electron chi connectivity index (χ4n) is 1.46. The maximum Gasteiger partial charge on any atom is 0.337 e. The van der Waals surface area contributed by atoms with Crippen LogP contribution in [0.15, 0.2) is 28.7 Å². The quantitative estimate of drug-likeness (QED) is 0.385. The van der Waals surface area contributed by atoms with E-state index in [0.717, 1.165) is 23.7 Å². The summed E-state index contributed by atoms with van der Waals surface area (Å²) in [6, 6.07) is 6.84. The van der Waals surface area contributed by atoms with Crippen molar-refractivity contribution in [1.29, 1.82) is 0 Å². The highest BCUT2D eigenvalue weighted by Crippen LogP contribution is 2.16. The molecule has 0 fully saturated rings. The molecule has 0 amide bonds. The Labute approximate surface area is 132 Å². The first-order chi connectivity index (χ1) is 10.1. The summed E-state index contributed by atoms with van der Waals surface area (Å²) in [6.45, 7) is 1.92. The monoisotopic (exact) mass is 358 g/mol. The number of benzene rings is 1. The first kappa shape index (κ1) is 17.7. The van der Waals surface area contributed by atoms with Crippen LogP contribution in [0, 0.1) is 0 Å². The van der Waals surface area contributed by atoms with Crippen molar-refractivity contribution in [2.45, 2.75) is 26.2 Å². The fraction of sp³-hybridized carbons (Fsp3) is 0.467. The molecular formula is C15H19BrO5. The highest BCUT2D eigenvalue weighted by molar-refractivity contribution is 9.10. The van der Waals surface area contributed by atoms with Gasteiger partial charge in [-0.3, -0.25) is 0 Å². The molecule has 6 heteroatoms. The van der Waals surface area contributed by atoms with Crippen LogP contribution in [-0.2, 0) is 19.1 Å². The van der Waals surface area contributed by atoms with E-state index in [2.05, 4.69) is 22.9 Å². The number of rotatable bonds is 9. The molecule has 21 heavy (non-hydrogen) atoms. The SMILES string of the molecule is CCCCCOC(=O)COCC(=O)Oc1ccc(Br)cc1. The molecule has 0 N–H and O–H groups in total. The first-order valence-electron chi connectivity index (χ1n) is 6.81. The summed E-state index contributed by atoms with van der Waals surface area (Å²) in [5.74, 6) is -0.604. The summed E-state index contributed by atoms with van der Waals surface area (Å²) < 4.78 is 15.8. The minimum atomic E-state index is -0.559. The van der Waals surface area contributed by atoms with Gasteiger partial charge in [-0.25, -0.2) is 9.59 Å². The molecule has 1 rings (SSSR count). The van der Waals surface area contributed by atoms with Crippen LogP contribution >= 0.6 is 15.9 Å². The van der Waals surface area contributed by atoms with Crippen LogP contribution in [0.2, 0.25) is 0 Å². The molecule has 0 aliphatic carbocycles. The number of carbonyl (C=O) groups excluding carboxylic acids is 2. The number of carbonyl (C=O) groups is 2. The summed E-state index contributed by atoms with van der Waals surface area (Å²) in [5, 5.41) is 0. The van der Waals surface area contributed by atoms with Crippen molar-refractivity contribution >= 4 is 27.9 Å². The van der Waals surface area contributed by atoms with Gasteiger partial charge in [-0.05, 0) is 30.7 Å². The van der Waals surface area contributed by atoms with Crippen LogP contribution in [-0.4, -0.2) is 31.8 Å². The maximum absolute atomic E-state index is 11.5. The van der Waals surface area contributed by atoms with Crippen molar-refractivity contribution < 1.29 is 23.8 Å². The lowest BCUT2D eigenvalue weighted by molar-refractivity contribution is -0.152. The molecule has 1 aromatic rings. The maximum atomic E-state index is 11.5. The third-order valence-corrected chi connectivity index (χ3v) is 3.02. The number of esters is 2. The summed E-state index contributed by atoms with van der Waals surface area (Å²) in [5.41, 5.74) is 0. The Morgan fingerprint density at radius 1 is 1.05 bits per heavy atom. The molecule has 0 aromatic heterocycles. The number of halogens is 1. The lowest BCUT2D eigenvalue weighted by atomic mass is 10.3. The molecule has 1 aromatic carbocycles. The van der Waals surface area contributed by atoms with Crippen molar-refractivity contribution in [3.05, 3.63) is 28.7 Å². The molecule has 0 bridgehead atoms. The fourth-order valence-corrected chi connectivity index (χ4v) is 1.73. The van der Waals surface area contributed by atoms with E-state index >= 15 is 0 Å². The van der Waals surface area contributed by atoms with E-state index in [1.54, 1.807) is 24.3 Å². The Balaban J connectivity index is 2.12. The van der Waals surface area contributed by atoms with Crippen LogP contribution < -0.4 is 4.74 Å². The second-order valence-corrected chi connectivity index (χ2v) is 5.26. The third-order valence-electron chi connectivity index (χ3n) is 2.50. The summed E-state index contributed by atoms with van der Waals surface area (Å²) >= 11 is 3.28. The molecule has 0 aliphatic rings. The van der Waals surface area contributed by atoms with Crippen LogP contribution in [0.5, 0.6) is 5.75 Å². The number of hydrogen-bond acceptors (Lipinski definition) is 5. The number of hydrogen-bond donors (Lipinski definition) is 0. The zero-order valence-electron chi connectivity index (χ0n) is 12.0. The second-order valence-electron chi connectivity index (χ2n) is 4.35. The zero-order valence-corrected chi connectivity index (χ0v) is 13.6. The predicted molar refractivity (Wildman–Crippen MR) is 81.1 cm³/mol. The van der Waals surface area contributed by atoms with Crippen molar-refractivity contribution in [3.63, 3.8) is 0 Å². The standard InChI is InChI=1S/C15H19BrO5/c1-2-3-4-9-20-14(17)10-19-11-15(18)21-13-7-5-12(16)6-8-13/h5-8H,2-4,9-11H2,1H3. The molecule has 0 heterocycles. The molecule has 0 saturated heterocycles. The number of ether oxygens (including phenoxy) is 3. The van der Waals surface area contributed by atoms with Crippen molar-refractivity contribution in [2.75, 3.05) is 19.8 Å². The molecule has 0 atom stereocenters. The highest BCUT2D eigenvalue weighted by atomic mass is 79.9. The normalized spacial score (nSPS) is 10.2. The molecule has 0 radical (unpaired) electrons. The topological polar surface area (TPSA) is 61.8 Å². The minimum absolute atomic E-state index is 0.248. The van der Waals surface area contributed by atoms with Gasteiger partial charge in [-0.15, -0.1) is 0 Å². The van der Waals surface area contributed by atoms with Gasteiger partial charge < -0.3 is 14.2 Å². The summed E-state index contributed by atoms with van der Waals surface area (Å²) in [6.07, 6.45) is 2.93. The van der Waals surface area contributed by atoms with E-state index in [0.29, 0.717) is 12.4 Å². The molecule has 0 saturated carbocycles. The summed E-state index contributed by atoms with van der Waals surface area (Å²) in [7, 11) is 0. The van der Waals surface area contributed by atoms with Gasteiger partial charge in [-0.2, -0.15) is 0 Å². The van der Waals surface area contributed by atoms with Gasteiger partial charge in [0.2, 0.25) is 0 Å². The second kappa shape index (κ2) is 10.3. The molecular weight excluding hydrogens is 340 g/mol. The Bertz CT molecular complexity index is 444. The Hall–Kier alpha value is -1.40. The summed E-state index contributed by atoms with van der Waals surface area (Å²) in [4.78, 5) is 22.7. The van der Waals surface area contributed by atoms with Gasteiger partial charge in [0.15, 0.2) is 0 Å². The molecule has 0 spiro atoms. The molecule has 0 aliphatic heterocycles. The highest BCUT2D eigenvalue weighted by Gasteiger charge is 2.08. The molecule has 0 unspecified atom stereocenters. The average Bonchev–Trinajstić information content (AvgIpc) is 2.46. The minimum Gasteiger partial charge on any atom is -0.464 e. The van der Waals surface area contributed by atoms with Gasteiger partial charge in [0.25, 0.3) is 0 Å². The van der Waals surface area contributed by atoms with Gasteiger partial charge in [0.05, 0.1) is 6.61 Å². The van der Waals surface area contributed by atoms with Gasteiger partial charge >= 0.3 is 11.9 Å². The predicted octanol–water partition coefficient (Wildman–Crippen LogP) is 3.10. The first-order valence-corrected chi connectivity index (χ1v) is 7.60. The van der Waals surface area contributed by atoms with Gasteiger partial charge in [0.1, 0.15) is 19.0 Å². The Morgan fingerprint density at radius 3 is 2.38 bits per heavy atom. The smallest absolute Gasteiger partial charge is 0.337 e. The average molecular weight is 359 g/mol. The zero-order chi connectivity index (χ0) is 15.5. The van der Waals surface area contributed by atoms with Crippen LogP contribution in [0.25, 0.3) is 0 Å². The van der Waals surface area contributed by atoms with Crippen LogP contribution in [0.1, 0.15) is 26.2 Å². The Morgan fingerprint density at radius 2 is 1.71 bits per heavy atom. The van der Waals surface area contributed by atoms with Crippen LogP contribution in [0.4, 0.5) is 0 Å². The molecule has 5 nitrogen and oxygen atoms in total. The lowest BCUT2D eigenvalue weighted by Crippen LogP contribution is -2.20. The lowest BCUT2D eigenvalue weighted by Gasteiger charge is -2.06. The van der Waals surface area contributed by atoms with Crippen molar-refractivity contribution in [1.82, 2.24) is 0 Å². The van der Waals surface area contributed by atoms with E-state index in [1.807, 2.05) is 0 Å². The van der Waals surface area contributed by atoms with Crippen LogP contribution in [0.3, 0.4) is 0 Å². The number of unbranched alkanes of at least 4 members (excludes halogenated alkanes) is 2. The van der Waals surface area contributed by atoms with E-state index in [4.69, 9.17) is 14.2 Å². The van der Waals surface area contributed by atoms with Crippen molar-refractivity contribution in [2.24, 2.45) is 0 Å².